The average Bonchev–Trinajstić information content (AvgIpc) is 2.44. The Morgan fingerprint density at radius 3 is 2.62 bits per heavy atom. The second-order valence-corrected chi connectivity index (χ2v) is 5.56. The first-order valence-electron chi connectivity index (χ1n) is 7.00. The smallest absolute Gasteiger partial charge is 0.256 e. The second kappa shape index (κ2) is 5.37. The molecular formula is C15H17FN4O. The summed E-state index contributed by atoms with van der Waals surface area (Å²) >= 11 is 0. The van der Waals surface area contributed by atoms with Gasteiger partial charge in [0, 0.05) is 43.6 Å². The second-order valence-electron chi connectivity index (χ2n) is 5.56. The van der Waals surface area contributed by atoms with Gasteiger partial charge in [-0.15, -0.1) is 0 Å². The number of aromatic nitrogens is 2. The Labute approximate surface area is 122 Å². The lowest BCUT2D eigenvalue weighted by atomic mass is 10.1. The lowest BCUT2D eigenvalue weighted by Crippen LogP contribution is -2.55. The Kier molecular flexibility index (Phi) is 3.55. The molecule has 0 saturated carbocycles. The van der Waals surface area contributed by atoms with E-state index in [-0.39, 0.29) is 23.6 Å². The Balaban J connectivity index is 2.01. The van der Waals surface area contributed by atoms with Gasteiger partial charge in [0.15, 0.2) is 0 Å². The number of rotatable bonds is 1. The summed E-state index contributed by atoms with van der Waals surface area (Å²) in [6.45, 7) is 5.25. The molecule has 5 nitrogen and oxygen atoms in total. The number of nitrogens with zero attached hydrogens (tertiary/aromatic N) is 3. The third-order valence-electron chi connectivity index (χ3n) is 3.61. The topological polar surface area (TPSA) is 58.1 Å². The van der Waals surface area contributed by atoms with E-state index < -0.39 is 5.82 Å². The van der Waals surface area contributed by atoms with Gasteiger partial charge in [-0.05, 0) is 19.9 Å². The Hall–Kier alpha value is -2.08. The van der Waals surface area contributed by atoms with Crippen molar-refractivity contribution in [3.63, 3.8) is 0 Å². The van der Waals surface area contributed by atoms with Crippen LogP contribution in [0.5, 0.6) is 0 Å². The molecule has 1 fully saturated rings. The highest BCUT2D eigenvalue weighted by Crippen LogP contribution is 2.19. The molecule has 0 aliphatic carbocycles. The van der Waals surface area contributed by atoms with E-state index >= 15 is 0 Å². The number of benzene rings is 1. The summed E-state index contributed by atoms with van der Waals surface area (Å²) < 4.78 is 13.7. The Morgan fingerprint density at radius 1 is 1.24 bits per heavy atom. The fourth-order valence-corrected chi connectivity index (χ4v) is 2.87. The summed E-state index contributed by atoms with van der Waals surface area (Å²) in [6, 6.07) is 2.96. The first kappa shape index (κ1) is 13.9. The molecule has 0 bridgehead atoms. The molecule has 1 saturated heterocycles. The van der Waals surface area contributed by atoms with Crippen molar-refractivity contribution in [2.24, 2.45) is 0 Å². The van der Waals surface area contributed by atoms with Gasteiger partial charge in [0.2, 0.25) is 0 Å². The summed E-state index contributed by atoms with van der Waals surface area (Å²) in [7, 11) is 0. The predicted molar refractivity (Wildman–Crippen MR) is 77.5 cm³/mol. The van der Waals surface area contributed by atoms with Crippen molar-refractivity contribution in [2.45, 2.75) is 25.9 Å². The lowest BCUT2D eigenvalue weighted by molar-refractivity contribution is 0.0675. The summed E-state index contributed by atoms with van der Waals surface area (Å²) in [5.74, 6) is -0.664. The third kappa shape index (κ3) is 2.71. The summed E-state index contributed by atoms with van der Waals surface area (Å²) in [5, 5.41) is 3.37. The van der Waals surface area contributed by atoms with Crippen molar-refractivity contribution in [1.29, 1.82) is 0 Å². The van der Waals surface area contributed by atoms with Crippen molar-refractivity contribution < 1.29 is 9.18 Å². The Morgan fingerprint density at radius 2 is 1.90 bits per heavy atom. The molecule has 1 aliphatic rings. The van der Waals surface area contributed by atoms with Crippen LogP contribution in [-0.2, 0) is 0 Å². The van der Waals surface area contributed by atoms with Crippen LogP contribution in [0.3, 0.4) is 0 Å². The molecule has 1 amide bonds. The first-order valence-corrected chi connectivity index (χ1v) is 7.00. The van der Waals surface area contributed by atoms with Crippen LogP contribution in [0.2, 0.25) is 0 Å². The van der Waals surface area contributed by atoms with E-state index in [0.717, 1.165) is 0 Å². The number of piperazine rings is 1. The highest BCUT2D eigenvalue weighted by molar-refractivity contribution is 6.04. The molecule has 110 valence electrons. The van der Waals surface area contributed by atoms with E-state index in [0.29, 0.717) is 24.1 Å². The van der Waals surface area contributed by atoms with Crippen molar-refractivity contribution in [2.75, 3.05) is 13.1 Å². The van der Waals surface area contributed by atoms with Gasteiger partial charge in [-0.25, -0.2) is 4.39 Å². The van der Waals surface area contributed by atoms with Crippen LogP contribution in [0.4, 0.5) is 4.39 Å². The van der Waals surface area contributed by atoms with Gasteiger partial charge in [0.05, 0.1) is 11.1 Å². The molecule has 1 aliphatic heterocycles. The zero-order chi connectivity index (χ0) is 15.0. The van der Waals surface area contributed by atoms with Gasteiger partial charge in [-0.3, -0.25) is 14.8 Å². The molecule has 1 N–H and O–H groups in total. The summed E-state index contributed by atoms with van der Waals surface area (Å²) in [4.78, 5) is 22.7. The average molecular weight is 288 g/mol. The monoisotopic (exact) mass is 288 g/mol. The molecule has 2 heterocycles. The maximum Gasteiger partial charge on any atom is 0.256 e. The molecule has 0 radical (unpaired) electrons. The molecule has 21 heavy (non-hydrogen) atoms. The zero-order valence-electron chi connectivity index (χ0n) is 12.0. The number of halogens is 1. The molecule has 2 aromatic rings. The van der Waals surface area contributed by atoms with Crippen molar-refractivity contribution in [3.05, 3.63) is 35.9 Å². The number of fused-ring (bicyclic) bond motifs is 1. The summed E-state index contributed by atoms with van der Waals surface area (Å²) in [5.41, 5.74) is 1.12. The zero-order valence-corrected chi connectivity index (χ0v) is 12.0. The van der Waals surface area contributed by atoms with Crippen LogP contribution in [0.25, 0.3) is 11.0 Å². The number of hydrogen-bond acceptors (Lipinski definition) is 4. The predicted octanol–water partition coefficient (Wildman–Crippen LogP) is 1.59. The van der Waals surface area contributed by atoms with Gasteiger partial charge in [0.25, 0.3) is 5.91 Å². The van der Waals surface area contributed by atoms with Crippen molar-refractivity contribution >= 4 is 16.9 Å². The SMILES string of the molecule is C[C@@H]1CN(C(=O)c2cc(F)cc3nccnc23)C[C@H](C)N1. The van der Waals surface area contributed by atoms with Crippen LogP contribution >= 0.6 is 0 Å². The molecule has 6 heteroatoms. The lowest BCUT2D eigenvalue weighted by Gasteiger charge is -2.36. The Bertz CT molecular complexity index is 680. The van der Waals surface area contributed by atoms with Gasteiger partial charge in [0.1, 0.15) is 11.3 Å². The maximum atomic E-state index is 13.7. The minimum absolute atomic E-state index is 0.194. The van der Waals surface area contributed by atoms with Crippen molar-refractivity contribution in [3.8, 4) is 0 Å². The fourth-order valence-electron chi connectivity index (χ4n) is 2.87. The molecule has 2 atom stereocenters. The number of amides is 1. The third-order valence-corrected chi connectivity index (χ3v) is 3.61. The highest BCUT2D eigenvalue weighted by atomic mass is 19.1. The standard InChI is InChI=1S/C15H17FN4O/c1-9-7-20(8-10(2)19-9)15(21)12-5-11(16)6-13-14(12)18-4-3-17-13/h3-6,9-10,19H,7-8H2,1-2H3/t9-,10+. The van der Waals surface area contributed by atoms with E-state index in [1.165, 1.54) is 24.5 Å². The highest BCUT2D eigenvalue weighted by Gasteiger charge is 2.27. The van der Waals surface area contributed by atoms with Gasteiger partial charge >= 0.3 is 0 Å². The van der Waals surface area contributed by atoms with Gasteiger partial charge in [-0.1, -0.05) is 0 Å². The van der Waals surface area contributed by atoms with Crippen LogP contribution in [-0.4, -0.2) is 45.9 Å². The largest absolute Gasteiger partial charge is 0.335 e. The molecule has 1 aromatic carbocycles. The molecule has 0 spiro atoms. The number of hydrogen-bond donors (Lipinski definition) is 1. The molecular weight excluding hydrogens is 271 g/mol. The van der Waals surface area contributed by atoms with Crippen LogP contribution in [0.1, 0.15) is 24.2 Å². The van der Waals surface area contributed by atoms with Gasteiger partial charge < -0.3 is 10.2 Å². The van der Waals surface area contributed by atoms with E-state index in [1.807, 2.05) is 13.8 Å². The number of nitrogens with one attached hydrogen (secondary N) is 1. The molecule has 1 aromatic heterocycles. The van der Waals surface area contributed by atoms with Crippen LogP contribution in [0.15, 0.2) is 24.5 Å². The summed E-state index contributed by atoms with van der Waals surface area (Å²) in [6.07, 6.45) is 3.00. The van der Waals surface area contributed by atoms with E-state index in [1.54, 1.807) is 4.90 Å². The van der Waals surface area contributed by atoms with Crippen LogP contribution in [0, 0.1) is 5.82 Å². The van der Waals surface area contributed by atoms with Crippen LogP contribution < -0.4 is 5.32 Å². The molecule has 0 unspecified atom stereocenters. The van der Waals surface area contributed by atoms with E-state index in [4.69, 9.17) is 0 Å². The van der Waals surface area contributed by atoms with Gasteiger partial charge in [-0.2, -0.15) is 0 Å². The minimum Gasteiger partial charge on any atom is -0.335 e. The van der Waals surface area contributed by atoms with Crippen molar-refractivity contribution in [1.82, 2.24) is 20.2 Å². The quantitative estimate of drug-likeness (QED) is 0.866. The normalized spacial score (nSPS) is 22.5. The first-order chi connectivity index (χ1) is 10.0. The molecule has 3 rings (SSSR count). The minimum atomic E-state index is -0.470. The van der Waals surface area contributed by atoms with E-state index in [9.17, 15) is 9.18 Å². The van der Waals surface area contributed by atoms with E-state index in [2.05, 4.69) is 15.3 Å². The number of carbonyl (C=O) groups excluding carboxylic acids is 1. The fraction of sp³-hybridized carbons (Fsp3) is 0.400. The maximum absolute atomic E-state index is 13.7. The number of carbonyl (C=O) groups is 1.